The molecule has 76 valence electrons. The van der Waals surface area contributed by atoms with Crippen LogP contribution in [0.4, 0.5) is 4.39 Å². The third-order valence-corrected chi connectivity index (χ3v) is 2.97. The quantitative estimate of drug-likeness (QED) is 0.722. The van der Waals surface area contributed by atoms with E-state index in [1.807, 2.05) is 31.2 Å². The standard InChI is InChI=1S/C12H16FN/c1-10-2-4-11(5-3-10)12(13)6-8-14-9-7-12/h2-5,14H,6-9H2,1H3. The van der Waals surface area contributed by atoms with Gasteiger partial charge in [0.1, 0.15) is 5.67 Å². The van der Waals surface area contributed by atoms with E-state index in [0.717, 1.165) is 18.7 Å². The summed E-state index contributed by atoms with van der Waals surface area (Å²) >= 11 is 0. The van der Waals surface area contributed by atoms with E-state index >= 15 is 0 Å². The smallest absolute Gasteiger partial charge is 0.138 e. The van der Waals surface area contributed by atoms with Gasteiger partial charge in [0.2, 0.25) is 0 Å². The van der Waals surface area contributed by atoms with E-state index in [2.05, 4.69) is 5.32 Å². The molecule has 14 heavy (non-hydrogen) atoms. The minimum absolute atomic E-state index is 0.593. The third kappa shape index (κ3) is 1.80. The van der Waals surface area contributed by atoms with Crippen molar-refractivity contribution in [3.05, 3.63) is 35.4 Å². The Hall–Kier alpha value is -0.890. The van der Waals surface area contributed by atoms with Gasteiger partial charge in [-0.2, -0.15) is 0 Å². The van der Waals surface area contributed by atoms with E-state index in [-0.39, 0.29) is 0 Å². The lowest BCUT2D eigenvalue weighted by atomic mass is 9.86. The zero-order valence-corrected chi connectivity index (χ0v) is 8.52. The van der Waals surface area contributed by atoms with Crippen LogP contribution in [0.2, 0.25) is 0 Å². The number of halogens is 1. The van der Waals surface area contributed by atoms with Crippen LogP contribution in [0, 0.1) is 6.92 Å². The highest BCUT2D eigenvalue weighted by molar-refractivity contribution is 5.27. The summed E-state index contributed by atoms with van der Waals surface area (Å²) in [5.41, 5.74) is 0.926. The van der Waals surface area contributed by atoms with E-state index in [0.29, 0.717) is 12.8 Å². The molecule has 1 aliphatic rings. The van der Waals surface area contributed by atoms with Crippen LogP contribution in [0.15, 0.2) is 24.3 Å². The van der Waals surface area contributed by atoms with Gasteiger partial charge in [0, 0.05) is 0 Å². The molecule has 0 aromatic heterocycles. The minimum atomic E-state index is -1.10. The van der Waals surface area contributed by atoms with E-state index in [1.54, 1.807) is 0 Å². The highest BCUT2D eigenvalue weighted by Crippen LogP contribution is 2.34. The van der Waals surface area contributed by atoms with Crippen molar-refractivity contribution in [1.82, 2.24) is 5.32 Å². The molecule has 2 heteroatoms. The first-order chi connectivity index (χ1) is 6.71. The Kier molecular flexibility index (Phi) is 2.55. The molecule has 0 radical (unpaired) electrons. The molecule has 1 fully saturated rings. The Morgan fingerprint density at radius 1 is 1.14 bits per heavy atom. The summed E-state index contributed by atoms with van der Waals surface area (Å²) < 4.78 is 14.4. The number of aryl methyl sites for hydroxylation is 1. The van der Waals surface area contributed by atoms with E-state index in [9.17, 15) is 4.39 Å². The number of nitrogens with one attached hydrogen (secondary N) is 1. The predicted octanol–water partition coefficient (Wildman–Crippen LogP) is 2.54. The van der Waals surface area contributed by atoms with Gasteiger partial charge < -0.3 is 5.32 Å². The van der Waals surface area contributed by atoms with Crippen LogP contribution < -0.4 is 5.32 Å². The highest BCUT2D eigenvalue weighted by atomic mass is 19.1. The van der Waals surface area contributed by atoms with Gasteiger partial charge in [-0.25, -0.2) is 4.39 Å². The van der Waals surface area contributed by atoms with Crippen molar-refractivity contribution >= 4 is 0 Å². The van der Waals surface area contributed by atoms with Gasteiger partial charge in [-0.1, -0.05) is 29.8 Å². The summed E-state index contributed by atoms with van der Waals surface area (Å²) in [4.78, 5) is 0. The maximum Gasteiger partial charge on any atom is 0.138 e. The zero-order valence-electron chi connectivity index (χ0n) is 8.52. The molecule has 0 spiro atoms. The predicted molar refractivity (Wildman–Crippen MR) is 56.1 cm³/mol. The summed E-state index contributed by atoms with van der Waals surface area (Å²) in [6, 6.07) is 7.80. The normalized spacial score (nSPS) is 20.7. The SMILES string of the molecule is Cc1ccc(C2(F)CCNCC2)cc1. The largest absolute Gasteiger partial charge is 0.316 e. The van der Waals surface area contributed by atoms with Gasteiger partial charge in [0.25, 0.3) is 0 Å². The molecule has 0 atom stereocenters. The maximum atomic E-state index is 14.4. The van der Waals surface area contributed by atoms with Crippen LogP contribution >= 0.6 is 0 Å². The molecule has 1 nitrogen and oxygen atoms in total. The summed E-state index contributed by atoms with van der Waals surface area (Å²) in [5, 5.41) is 3.18. The fraction of sp³-hybridized carbons (Fsp3) is 0.500. The average Bonchev–Trinajstić information content (AvgIpc) is 2.19. The molecule has 2 rings (SSSR count). The van der Waals surface area contributed by atoms with E-state index in [1.165, 1.54) is 5.56 Å². The Bertz CT molecular complexity index is 299. The molecule has 1 saturated heterocycles. The molecule has 0 bridgehead atoms. The highest BCUT2D eigenvalue weighted by Gasteiger charge is 2.33. The van der Waals surface area contributed by atoms with Crippen molar-refractivity contribution in [3.8, 4) is 0 Å². The molecule has 0 aliphatic carbocycles. The zero-order chi connectivity index (χ0) is 10.0. The Balaban J connectivity index is 2.23. The first-order valence-electron chi connectivity index (χ1n) is 5.17. The van der Waals surface area contributed by atoms with Crippen molar-refractivity contribution in [1.29, 1.82) is 0 Å². The van der Waals surface area contributed by atoms with Gasteiger partial charge >= 0.3 is 0 Å². The fourth-order valence-corrected chi connectivity index (χ4v) is 1.96. The van der Waals surface area contributed by atoms with E-state index in [4.69, 9.17) is 0 Å². The second-order valence-electron chi connectivity index (χ2n) is 4.08. The molecule has 1 aromatic carbocycles. The average molecular weight is 193 g/mol. The Morgan fingerprint density at radius 2 is 1.71 bits per heavy atom. The monoisotopic (exact) mass is 193 g/mol. The van der Waals surface area contributed by atoms with Crippen molar-refractivity contribution in [3.63, 3.8) is 0 Å². The van der Waals surface area contributed by atoms with Gasteiger partial charge in [0.05, 0.1) is 0 Å². The van der Waals surface area contributed by atoms with Crippen molar-refractivity contribution in [2.75, 3.05) is 13.1 Å². The lowest BCUT2D eigenvalue weighted by molar-refractivity contribution is 0.115. The maximum absolute atomic E-state index is 14.4. The molecular formula is C12H16FN. The number of alkyl halides is 1. The summed E-state index contributed by atoms with van der Waals surface area (Å²) in [6.07, 6.45) is 1.19. The molecule has 0 saturated carbocycles. The van der Waals surface area contributed by atoms with Crippen molar-refractivity contribution < 1.29 is 4.39 Å². The molecule has 1 aliphatic heterocycles. The summed E-state index contributed by atoms with van der Waals surface area (Å²) in [6.45, 7) is 3.59. The van der Waals surface area contributed by atoms with Gasteiger partial charge in [-0.15, -0.1) is 0 Å². The van der Waals surface area contributed by atoms with Crippen molar-refractivity contribution in [2.45, 2.75) is 25.4 Å². The molecular weight excluding hydrogens is 177 g/mol. The fourth-order valence-electron chi connectivity index (χ4n) is 1.96. The van der Waals surface area contributed by atoms with Gasteiger partial charge in [0.15, 0.2) is 0 Å². The van der Waals surface area contributed by atoms with Crippen LogP contribution in [0.5, 0.6) is 0 Å². The summed E-state index contributed by atoms with van der Waals surface area (Å²) in [7, 11) is 0. The molecule has 0 amide bonds. The van der Waals surface area contributed by atoms with Crippen LogP contribution in [-0.4, -0.2) is 13.1 Å². The second kappa shape index (κ2) is 3.70. The molecule has 1 heterocycles. The summed E-state index contributed by atoms with van der Waals surface area (Å²) in [5.74, 6) is 0. The number of piperidine rings is 1. The van der Waals surface area contributed by atoms with Gasteiger partial charge in [-0.3, -0.25) is 0 Å². The number of benzene rings is 1. The molecule has 1 aromatic rings. The number of hydrogen-bond acceptors (Lipinski definition) is 1. The van der Waals surface area contributed by atoms with Crippen LogP contribution in [0.1, 0.15) is 24.0 Å². The molecule has 0 unspecified atom stereocenters. The minimum Gasteiger partial charge on any atom is -0.316 e. The Labute approximate surface area is 84.3 Å². The lowest BCUT2D eigenvalue weighted by Gasteiger charge is -2.30. The first kappa shape index (κ1) is 9.66. The van der Waals surface area contributed by atoms with Gasteiger partial charge in [-0.05, 0) is 38.4 Å². The Morgan fingerprint density at radius 3 is 2.29 bits per heavy atom. The molecule has 1 N–H and O–H groups in total. The lowest BCUT2D eigenvalue weighted by Crippen LogP contribution is -2.36. The first-order valence-corrected chi connectivity index (χ1v) is 5.17. The van der Waals surface area contributed by atoms with E-state index < -0.39 is 5.67 Å². The van der Waals surface area contributed by atoms with Crippen LogP contribution in [0.3, 0.4) is 0 Å². The van der Waals surface area contributed by atoms with Crippen molar-refractivity contribution in [2.24, 2.45) is 0 Å². The van der Waals surface area contributed by atoms with Crippen LogP contribution in [-0.2, 0) is 5.67 Å². The number of rotatable bonds is 1. The number of hydrogen-bond donors (Lipinski definition) is 1. The third-order valence-electron chi connectivity index (χ3n) is 2.97. The topological polar surface area (TPSA) is 12.0 Å². The van der Waals surface area contributed by atoms with Crippen LogP contribution in [0.25, 0.3) is 0 Å². The second-order valence-corrected chi connectivity index (χ2v) is 4.08.